The molecule has 7 nitrogen and oxygen atoms in total. The van der Waals surface area contributed by atoms with E-state index in [2.05, 4.69) is 20.0 Å². The fraction of sp³-hybridized carbons (Fsp3) is 0.500. The van der Waals surface area contributed by atoms with Crippen molar-refractivity contribution < 1.29 is 4.79 Å². The van der Waals surface area contributed by atoms with E-state index in [-0.39, 0.29) is 11.8 Å². The number of rotatable bonds is 2. The smallest absolute Gasteiger partial charge is 0.232 e. The average Bonchev–Trinajstić information content (AvgIpc) is 3.15. The quantitative estimate of drug-likeness (QED) is 0.828. The molecular weight excluding hydrogens is 292 g/mol. The molecule has 0 unspecified atom stereocenters. The van der Waals surface area contributed by atoms with Crippen LogP contribution in [-0.4, -0.2) is 45.3 Å². The summed E-state index contributed by atoms with van der Waals surface area (Å²) in [7, 11) is 1.87. The Labute approximate surface area is 134 Å². The molecule has 2 saturated heterocycles. The number of hydrogen-bond donors (Lipinski definition) is 0. The molecule has 0 aliphatic carbocycles. The first-order chi connectivity index (χ1) is 11.1. The van der Waals surface area contributed by atoms with Gasteiger partial charge in [-0.05, 0) is 24.8 Å². The zero-order chi connectivity index (χ0) is 16.0. The van der Waals surface area contributed by atoms with Crippen molar-refractivity contribution in [3.63, 3.8) is 0 Å². The third kappa shape index (κ3) is 2.46. The Morgan fingerprint density at radius 3 is 2.65 bits per heavy atom. The summed E-state index contributed by atoms with van der Waals surface area (Å²) in [6, 6.07) is 0. The van der Waals surface area contributed by atoms with E-state index in [1.807, 2.05) is 37.5 Å². The number of aromatic nitrogens is 4. The molecule has 2 aromatic heterocycles. The van der Waals surface area contributed by atoms with Crippen LogP contribution < -0.4 is 9.80 Å². The first-order valence-corrected chi connectivity index (χ1v) is 7.95. The summed E-state index contributed by atoms with van der Waals surface area (Å²) in [6.07, 6.45) is 8.32. The third-order valence-electron chi connectivity index (χ3n) is 4.80. The van der Waals surface area contributed by atoms with Crippen LogP contribution in [0.25, 0.3) is 0 Å². The summed E-state index contributed by atoms with van der Waals surface area (Å²) >= 11 is 0. The van der Waals surface area contributed by atoms with Crippen molar-refractivity contribution in [3.05, 3.63) is 30.4 Å². The molecule has 2 atom stereocenters. The van der Waals surface area contributed by atoms with Gasteiger partial charge < -0.3 is 9.80 Å². The lowest BCUT2D eigenvalue weighted by atomic mass is 9.88. The van der Waals surface area contributed by atoms with Crippen LogP contribution in [0.1, 0.15) is 12.0 Å². The van der Waals surface area contributed by atoms with E-state index < -0.39 is 0 Å². The maximum Gasteiger partial charge on any atom is 0.232 e. The highest BCUT2D eigenvalue weighted by molar-refractivity contribution is 5.96. The molecule has 0 radical (unpaired) electrons. The molecule has 7 heteroatoms. The van der Waals surface area contributed by atoms with Crippen molar-refractivity contribution in [2.24, 2.45) is 18.9 Å². The molecule has 0 saturated carbocycles. The van der Waals surface area contributed by atoms with E-state index in [0.29, 0.717) is 12.5 Å². The number of carbonyl (C=O) groups is 1. The van der Waals surface area contributed by atoms with Crippen LogP contribution in [0, 0.1) is 18.8 Å². The highest BCUT2D eigenvalue weighted by Crippen LogP contribution is 2.35. The predicted octanol–water partition coefficient (Wildman–Crippen LogP) is 1.01. The summed E-state index contributed by atoms with van der Waals surface area (Å²) in [5.41, 5.74) is 1.94. The van der Waals surface area contributed by atoms with Gasteiger partial charge in [0.05, 0.1) is 17.8 Å². The Balaban J connectivity index is 1.53. The number of aryl methyl sites for hydroxylation is 2. The Morgan fingerprint density at radius 2 is 1.96 bits per heavy atom. The molecule has 2 aliphatic rings. The minimum absolute atomic E-state index is 0.0221. The van der Waals surface area contributed by atoms with Gasteiger partial charge in [0.25, 0.3) is 0 Å². The molecule has 2 fully saturated rings. The minimum atomic E-state index is 0.0221. The number of carbonyl (C=O) groups excluding carboxylic acids is 1. The number of amides is 1. The number of nitrogens with zero attached hydrogens (tertiary/aromatic N) is 6. The van der Waals surface area contributed by atoms with E-state index >= 15 is 0 Å². The molecule has 4 heterocycles. The SMILES string of the molecule is Cc1cnc(N2C[C@H]3CCN(c4cnn(C)c4)C(=O)[C@@H]3C2)nc1. The molecule has 23 heavy (non-hydrogen) atoms. The summed E-state index contributed by atoms with van der Waals surface area (Å²) in [4.78, 5) is 25.7. The van der Waals surface area contributed by atoms with Crippen LogP contribution in [0.3, 0.4) is 0 Å². The maximum atomic E-state index is 12.9. The van der Waals surface area contributed by atoms with Crippen LogP contribution in [0.15, 0.2) is 24.8 Å². The van der Waals surface area contributed by atoms with Crippen LogP contribution in [0.5, 0.6) is 0 Å². The second-order valence-corrected chi connectivity index (χ2v) is 6.48. The number of fused-ring (bicyclic) bond motifs is 1. The average molecular weight is 312 g/mol. The molecule has 4 rings (SSSR count). The third-order valence-corrected chi connectivity index (χ3v) is 4.80. The molecule has 2 aromatic rings. The van der Waals surface area contributed by atoms with Gasteiger partial charge in [-0.15, -0.1) is 0 Å². The van der Waals surface area contributed by atoms with E-state index in [0.717, 1.165) is 36.7 Å². The first-order valence-electron chi connectivity index (χ1n) is 7.95. The van der Waals surface area contributed by atoms with E-state index in [9.17, 15) is 4.79 Å². The largest absolute Gasteiger partial charge is 0.340 e. The monoisotopic (exact) mass is 312 g/mol. The fourth-order valence-electron chi connectivity index (χ4n) is 3.57. The predicted molar refractivity (Wildman–Crippen MR) is 86.1 cm³/mol. The number of anilines is 2. The zero-order valence-corrected chi connectivity index (χ0v) is 13.4. The lowest BCUT2D eigenvalue weighted by Crippen LogP contribution is -2.45. The zero-order valence-electron chi connectivity index (χ0n) is 13.4. The van der Waals surface area contributed by atoms with Gasteiger partial charge in [0.2, 0.25) is 11.9 Å². The second-order valence-electron chi connectivity index (χ2n) is 6.48. The van der Waals surface area contributed by atoms with Gasteiger partial charge >= 0.3 is 0 Å². The first kappa shape index (κ1) is 14.2. The molecule has 120 valence electrons. The Morgan fingerprint density at radius 1 is 1.17 bits per heavy atom. The summed E-state index contributed by atoms with van der Waals surface area (Å²) in [5, 5.41) is 4.17. The van der Waals surface area contributed by atoms with Crippen LogP contribution >= 0.6 is 0 Å². The highest BCUT2D eigenvalue weighted by Gasteiger charge is 2.44. The van der Waals surface area contributed by atoms with Gasteiger partial charge in [0.1, 0.15) is 0 Å². The number of piperidine rings is 1. The number of hydrogen-bond acceptors (Lipinski definition) is 5. The Bertz CT molecular complexity index is 724. The normalized spacial score (nSPS) is 24.2. The second kappa shape index (κ2) is 5.33. The van der Waals surface area contributed by atoms with Crippen molar-refractivity contribution in [2.45, 2.75) is 13.3 Å². The van der Waals surface area contributed by atoms with Gasteiger partial charge in [-0.2, -0.15) is 5.10 Å². The topological polar surface area (TPSA) is 67.2 Å². The van der Waals surface area contributed by atoms with E-state index in [1.54, 1.807) is 10.9 Å². The van der Waals surface area contributed by atoms with Crippen molar-refractivity contribution in [2.75, 3.05) is 29.4 Å². The lowest BCUT2D eigenvalue weighted by Gasteiger charge is -2.32. The van der Waals surface area contributed by atoms with Gasteiger partial charge in [-0.1, -0.05) is 0 Å². The van der Waals surface area contributed by atoms with Crippen LogP contribution in [0.2, 0.25) is 0 Å². The fourth-order valence-corrected chi connectivity index (χ4v) is 3.57. The Hall–Kier alpha value is -2.44. The highest BCUT2D eigenvalue weighted by atomic mass is 16.2. The van der Waals surface area contributed by atoms with Crippen molar-refractivity contribution >= 4 is 17.5 Å². The van der Waals surface area contributed by atoms with Crippen molar-refractivity contribution in [1.82, 2.24) is 19.7 Å². The molecule has 0 aromatic carbocycles. The lowest BCUT2D eigenvalue weighted by molar-refractivity contribution is -0.124. The molecule has 1 amide bonds. The molecule has 0 spiro atoms. The van der Waals surface area contributed by atoms with Gasteiger partial charge in [0.15, 0.2) is 0 Å². The molecular formula is C16H20N6O. The molecule has 2 aliphatic heterocycles. The Kier molecular flexibility index (Phi) is 3.28. The molecule has 0 N–H and O–H groups in total. The molecule has 0 bridgehead atoms. The maximum absolute atomic E-state index is 12.9. The van der Waals surface area contributed by atoms with Crippen molar-refractivity contribution in [1.29, 1.82) is 0 Å². The van der Waals surface area contributed by atoms with Crippen LogP contribution in [-0.2, 0) is 11.8 Å². The summed E-state index contributed by atoms with van der Waals surface area (Å²) < 4.78 is 1.73. The van der Waals surface area contributed by atoms with E-state index in [1.165, 1.54) is 0 Å². The summed E-state index contributed by atoms with van der Waals surface area (Å²) in [5.74, 6) is 1.34. The van der Waals surface area contributed by atoms with Gasteiger partial charge in [0, 0.05) is 45.3 Å². The minimum Gasteiger partial charge on any atom is -0.340 e. The van der Waals surface area contributed by atoms with E-state index in [4.69, 9.17) is 0 Å². The summed E-state index contributed by atoms with van der Waals surface area (Å²) in [6.45, 7) is 4.29. The van der Waals surface area contributed by atoms with Gasteiger partial charge in [-0.3, -0.25) is 9.48 Å². The van der Waals surface area contributed by atoms with Crippen LogP contribution in [0.4, 0.5) is 11.6 Å². The van der Waals surface area contributed by atoms with Crippen molar-refractivity contribution in [3.8, 4) is 0 Å². The van der Waals surface area contributed by atoms with Gasteiger partial charge in [-0.25, -0.2) is 9.97 Å². The standard InChI is InChI=1S/C16H20N6O/c1-11-5-17-16(18-6-11)21-8-12-3-4-22(15(23)14(12)10-21)13-7-19-20(2)9-13/h5-7,9,12,14H,3-4,8,10H2,1-2H3/t12-,14-/m1/s1.